The van der Waals surface area contributed by atoms with Gasteiger partial charge in [-0.2, -0.15) is 5.10 Å². The Morgan fingerprint density at radius 2 is 2.26 bits per heavy atom. The number of nitrogens with one attached hydrogen (secondary N) is 1. The van der Waals surface area contributed by atoms with Gasteiger partial charge in [0, 0.05) is 31.9 Å². The molecule has 122 valence electrons. The molecule has 0 aliphatic carbocycles. The third-order valence-electron chi connectivity index (χ3n) is 4.55. The van der Waals surface area contributed by atoms with Crippen molar-refractivity contribution in [1.82, 2.24) is 24.6 Å². The highest BCUT2D eigenvalue weighted by atomic mass is 16.5. The van der Waals surface area contributed by atoms with Crippen LogP contribution in [0.2, 0.25) is 0 Å². The number of hydrogen-bond acceptors (Lipinski definition) is 6. The van der Waals surface area contributed by atoms with Crippen LogP contribution in [0.25, 0.3) is 0 Å². The van der Waals surface area contributed by atoms with Gasteiger partial charge in [0.05, 0.1) is 31.1 Å². The summed E-state index contributed by atoms with van der Waals surface area (Å²) in [4.78, 5) is 7.27. The van der Waals surface area contributed by atoms with Gasteiger partial charge in [0.15, 0.2) is 0 Å². The van der Waals surface area contributed by atoms with Crippen molar-refractivity contribution in [2.24, 2.45) is 0 Å². The minimum absolute atomic E-state index is 0.560. The van der Waals surface area contributed by atoms with Crippen LogP contribution >= 0.6 is 0 Å². The van der Waals surface area contributed by atoms with Crippen molar-refractivity contribution in [2.75, 3.05) is 25.1 Å². The Kier molecular flexibility index (Phi) is 3.97. The SMILES string of the molecule is Cc1ccc(NCc2cn3c(n2)CN(C2CCOC2)CC3)nn1. The monoisotopic (exact) mass is 314 g/mol. The quantitative estimate of drug-likeness (QED) is 0.914. The van der Waals surface area contributed by atoms with Crippen molar-refractivity contribution in [3.05, 3.63) is 35.5 Å². The summed E-state index contributed by atoms with van der Waals surface area (Å²) in [5.74, 6) is 1.93. The van der Waals surface area contributed by atoms with E-state index in [1.165, 1.54) is 0 Å². The Bertz CT molecular complexity index is 662. The Morgan fingerprint density at radius 3 is 3.04 bits per heavy atom. The van der Waals surface area contributed by atoms with Crippen molar-refractivity contribution < 1.29 is 4.74 Å². The number of fused-ring (bicyclic) bond motifs is 1. The standard InChI is InChI=1S/C16H22N6O/c1-12-2-3-15(20-19-12)17-8-13-9-22-6-5-21(10-16(22)18-13)14-4-7-23-11-14/h2-3,9,14H,4-8,10-11H2,1H3,(H,17,20). The zero-order valence-electron chi connectivity index (χ0n) is 13.4. The molecule has 23 heavy (non-hydrogen) atoms. The smallest absolute Gasteiger partial charge is 0.148 e. The molecule has 7 heteroatoms. The van der Waals surface area contributed by atoms with Gasteiger partial charge in [0.2, 0.25) is 0 Å². The zero-order valence-corrected chi connectivity index (χ0v) is 13.4. The number of nitrogens with zero attached hydrogens (tertiary/aromatic N) is 5. The van der Waals surface area contributed by atoms with E-state index in [-0.39, 0.29) is 0 Å². The van der Waals surface area contributed by atoms with Crippen LogP contribution in [0, 0.1) is 6.92 Å². The zero-order chi connectivity index (χ0) is 15.6. The molecule has 1 atom stereocenters. The molecule has 0 bridgehead atoms. The molecular formula is C16H22N6O. The first-order valence-corrected chi connectivity index (χ1v) is 8.19. The molecular weight excluding hydrogens is 292 g/mol. The summed E-state index contributed by atoms with van der Waals surface area (Å²) in [6.07, 6.45) is 3.29. The van der Waals surface area contributed by atoms with Gasteiger partial charge in [-0.3, -0.25) is 4.90 Å². The van der Waals surface area contributed by atoms with Crippen molar-refractivity contribution in [3.63, 3.8) is 0 Å². The van der Waals surface area contributed by atoms with Crippen LogP contribution < -0.4 is 5.32 Å². The predicted octanol–water partition coefficient (Wildman–Crippen LogP) is 1.20. The molecule has 1 N–H and O–H groups in total. The maximum Gasteiger partial charge on any atom is 0.148 e. The van der Waals surface area contributed by atoms with Gasteiger partial charge in [-0.05, 0) is 25.5 Å². The van der Waals surface area contributed by atoms with Crippen LogP contribution in [0.5, 0.6) is 0 Å². The highest BCUT2D eigenvalue weighted by Gasteiger charge is 2.27. The number of aryl methyl sites for hydroxylation is 1. The normalized spacial score (nSPS) is 21.3. The van der Waals surface area contributed by atoms with Crippen LogP contribution in [-0.4, -0.2) is 50.4 Å². The lowest BCUT2D eigenvalue weighted by Gasteiger charge is -2.31. The maximum atomic E-state index is 5.51. The molecule has 1 saturated heterocycles. The summed E-state index contributed by atoms with van der Waals surface area (Å²) in [5.41, 5.74) is 1.97. The third kappa shape index (κ3) is 3.20. The average Bonchev–Trinajstić information content (AvgIpc) is 3.23. The van der Waals surface area contributed by atoms with Crippen LogP contribution in [0.15, 0.2) is 18.3 Å². The van der Waals surface area contributed by atoms with Crippen LogP contribution in [0.4, 0.5) is 5.82 Å². The molecule has 0 aromatic carbocycles. The van der Waals surface area contributed by atoms with E-state index in [0.29, 0.717) is 12.6 Å². The van der Waals surface area contributed by atoms with Gasteiger partial charge >= 0.3 is 0 Å². The van der Waals surface area contributed by atoms with E-state index < -0.39 is 0 Å². The van der Waals surface area contributed by atoms with Crippen LogP contribution in [0.1, 0.15) is 23.6 Å². The Morgan fingerprint density at radius 1 is 1.30 bits per heavy atom. The van der Waals surface area contributed by atoms with Crippen molar-refractivity contribution in [3.8, 4) is 0 Å². The number of ether oxygens (including phenoxy) is 1. The van der Waals surface area contributed by atoms with E-state index in [4.69, 9.17) is 9.72 Å². The highest BCUT2D eigenvalue weighted by Crippen LogP contribution is 2.20. The first-order chi connectivity index (χ1) is 11.3. The molecule has 0 saturated carbocycles. The number of anilines is 1. The van der Waals surface area contributed by atoms with Gasteiger partial charge in [-0.1, -0.05) is 0 Å². The van der Waals surface area contributed by atoms with Crippen molar-refractivity contribution in [1.29, 1.82) is 0 Å². The van der Waals surface area contributed by atoms with E-state index in [1.54, 1.807) is 0 Å². The minimum Gasteiger partial charge on any atom is -0.380 e. The summed E-state index contributed by atoms with van der Waals surface area (Å²) in [7, 11) is 0. The number of rotatable bonds is 4. The minimum atomic E-state index is 0.560. The molecule has 0 spiro atoms. The lowest BCUT2D eigenvalue weighted by Crippen LogP contribution is -2.41. The summed E-state index contributed by atoms with van der Waals surface area (Å²) >= 11 is 0. The Balaban J connectivity index is 1.39. The first kappa shape index (κ1) is 14.6. The fraction of sp³-hybridized carbons (Fsp3) is 0.562. The van der Waals surface area contributed by atoms with Crippen LogP contribution in [0.3, 0.4) is 0 Å². The van der Waals surface area contributed by atoms with E-state index in [9.17, 15) is 0 Å². The van der Waals surface area contributed by atoms with Gasteiger partial charge in [-0.15, -0.1) is 5.10 Å². The van der Waals surface area contributed by atoms with Gasteiger partial charge in [0.1, 0.15) is 11.6 Å². The average molecular weight is 314 g/mol. The topological polar surface area (TPSA) is 68.1 Å². The first-order valence-electron chi connectivity index (χ1n) is 8.19. The molecule has 0 radical (unpaired) electrons. The Labute approximate surface area is 135 Å². The summed E-state index contributed by atoms with van der Waals surface area (Å²) in [6.45, 7) is 7.35. The maximum absolute atomic E-state index is 5.51. The van der Waals surface area contributed by atoms with E-state index in [1.807, 2.05) is 19.1 Å². The van der Waals surface area contributed by atoms with Crippen molar-refractivity contribution in [2.45, 2.75) is 39.0 Å². The van der Waals surface area contributed by atoms with E-state index in [0.717, 1.165) is 62.3 Å². The second kappa shape index (κ2) is 6.25. The van der Waals surface area contributed by atoms with Gasteiger partial charge in [0.25, 0.3) is 0 Å². The summed E-state index contributed by atoms with van der Waals surface area (Å²) < 4.78 is 7.78. The van der Waals surface area contributed by atoms with Crippen LogP contribution in [-0.2, 0) is 24.4 Å². The second-order valence-electron chi connectivity index (χ2n) is 6.24. The fourth-order valence-corrected chi connectivity index (χ4v) is 3.21. The highest BCUT2D eigenvalue weighted by molar-refractivity contribution is 5.33. The molecule has 0 amide bonds. The van der Waals surface area contributed by atoms with Gasteiger partial charge < -0.3 is 14.6 Å². The Hall–Kier alpha value is -1.99. The molecule has 4 rings (SSSR count). The third-order valence-corrected chi connectivity index (χ3v) is 4.55. The molecule has 1 fully saturated rings. The predicted molar refractivity (Wildman–Crippen MR) is 86.0 cm³/mol. The molecule has 7 nitrogen and oxygen atoms in total. The second-order valence-corrected chi connectivity index (χ2v) is 6.24. The largest absolute Gasteiger partial charge is 0.380 e. The lowest BCUT2D eigenvalue weighted by molar-refractivity contribution is 0.121. The van der Waals surface area contributed by atoms with E-state index >= 15 is 0 Å². The molecule has 2 aliphatic heterocycles. The molecule has 1 unspecified atom stereocenters. The number of imidazole rings is 1. The van der Waals surface area contributed by atoms with Crippen molar-refractivity contribution >= 4 is 5.82 Å². The molecule has 2 aromatic heterocycles. The lowest BCUT2D eigenvalue weighted by atomic mass is 10.2. The molecule has 2 aliphatic rings. The molecule has 2 aromatic rings. The molecule has 4 heterocycles. The van der Waals surface area contributed by atoms with Gasteiger partial charge in [-0.25, -0.2) is 4.98 Å². The fourth-order valence-electron chi connectivity index (χ4n) is 3.21. The van der Waals surface area contributed by atoms with E-state index in [2.05, 4.69) is 31.2 Å². The number of hydrogen-bond donors (Lipinski definition) is 1. The summed E-state index contributed by atoms with van der Waals surface area (Å²) in [5, 5.41) is 11.5. The number of aromatic nitrogens is 4. The summed E-state index contributed by atoms with van der Waals surface area (Å²) in [6, 6.07) is 4.46.